The summed E-state index contributed by atoms with van der Waals surface area (Å²) < 4.78 is 0. The minimum Gasteiger partial charge on any atom is -0.424 e. The van der Waals surface area contributed by atoms with Gasteiger partial charge in [-0.1, -0.05) is 93.8 Å². The molecule has 0 aliphatic heterocycles. The van der Waals surface area contributed by atoms with E-state index in [4.69, 9.17) is 0 Å². The highest BCUT2D eigenvalue weighted by atomic mass is 28.4. The van der Waals surface area contributed by atoms with Crippen molar-refractivity contribution in [2.75, 3.05) is 0 Å². The van der Waals surface area contributed by atoms with Crippen molar-refractivity contribution in [3.8, 4) is 11.8 Å². The summed E-state index contributed by atoms with van der Waals surface area (Å²) in [5.74, 6) is 5.90. The van der Waals surface area contributed by atoms with E-state index in [-0.39, 0.29) is 5.04 Å². The quantitative estimate of drug-likeness (QED) is 0.429. The van der Waals surface area contributed by atoms with Crippen LogP contribution < -0.4 is 10.4 Å². The molecule has 3 heteroatoms. The van der Waals surface area contributed by atoms with Crippen LogP contribution in [0.1, 0.15) is 46.5 Å². The number of hydrogen-bond acceptors (Lipinski definition) is 2. The predicted octanol–water partition coefficient (Wildman–Crippen LogP) is 3.92. The number of carbonyl (C=O) groups excluding carboxylic acids is 1. The molecule has 142 valence electrons. The van der Waals surface area contributed by atoms with Gasteiger partial charge >= 0.3 is 0 Å². The summed E-state index contributed by atoms with van der Waals surface area (Å²) in [6.45, 7) is 6.55. The van der Waals surface area contributed by atoms with E-state index in [9.17, 15) is 9.59 Å². The van der Waals surface area contributed by atoms with Crippen molar-refractivity contribution in [2.45, 2.75) is 51.5 Å². The van der Waals surface area contributed by atoms with Crippen molar-refractivity contribution in [3.05, 3.63) is 60.7 Å². The molecule has 1 atom stereocenters. The first-order chi connectivity index (χ1) is 13.0. The Bertz CT molecular complexity index is 733. The molecule has 1 N–H and O–H groups in total. The zero-order chi connectivity index (χ0) is 19.8. The average Bonchev–Trinajstić information content (AvgIpc) is 2.68. The molecule has 0 aromatic heterocycles. The van der Waals surface area contributed by atoms with Crippen molar-refractivity contribution in [1.29, 1.82) is 0 Å². The lowest BCUT2D eigenvalue weighted by Crippen LogP contribution is -2.65. The fourth-order valence-electron chi connectivity index (χ4n) is 4.11. The van der Waals surface area contributed by atoms with Crippen LogP contribution in [0.3, 0.4) is 0 Å². The van der Waals surface area contributed by atoms with Crippen molar-refractivity contribution in [1.82, 2.24) is 0 Å². The van der Waals surface area contributed by atoms with Crippen molar-refractivity contribution < 1.29 is 9.59 Å². The molecular weight excluding hydrogens is 348 g/mol. The molecule has 1 unspecified atom stereocenters. The molecule has 0 spiro atoms. The summed E-state index contributed by atoms with van der Waals surface area (Å²) in [4.78, 5) is 22.8. The predicted molar refractivity (Wildman–Crippen MR) is 116 cm³/mol. The van der Waals surface area contributed by atoms with Crippen molar-refractivity contribution >= 4 is 25.0 Å². The van der Waals surface area contributed by atoms with E-state index in [1.54, 1.807) is 0 Å². The number of rotatable bonds is 8. The molecule has 0 aliphatic rings. The Kier molecular flexibility index (Phi) is 7.59. The van der Waals surface area contributed by atoms with Gasteiger partial charge < -0.3 is 4.80 Å². The third-order valence-corrected chi connectivity index (χ3v) is 9.91. The van der Waals surface area contributed by atoms with Gasteiger partial charge in [0.2, 0.25) is 0 Å². The fraction of sp³-hybridized carbons (Fsp3) is 0.375. The van der Waals surface area contributed by atoms with Crippen molar-refractivity contribution in [3.63, 3.8) is 0 Å². The molecule has 0 fully saturated rings. The number of carbonyl (C=O) groups is 1. The SMILES string of the molecule is CCCC(CC#CC=O)CC(C)(C)[Si](O)(c1ccccc1)c1ccccc1. The van der Waals surface area contributed by atoms with E-state index in [0.717, 1.165) is 29.6 Å². The summed E-state index contributed by atoms with van der Waals surface area (Å²) in [7, 11) is -2.99. The van der Waals surface area contributed by atoms with Crippen LogP contribution in [0.4, 0.5) is 0 Å². The summed E-state index contributed by atoms with van der Waals surface area (Å²) in [5, 5.41) is 1.80. The van der Waals surface area contributed by atoms with Gasteiger partial charge in [0.1, 0.15) is 0 Å². The van der Waals surface area contributed by atoms with Crippen LogP contribution in [0, 0.1) is 17.8 Å². The Hall–Kier alpha value is -2.15. The smallest absolute Gasteiger partial charge is 0.258 e. The second-order valence-corrected chi connectivity index (χ2v) is 11.8. The molecule has 0 heterocycles. The second kappa shape index (κ2) is 9.69. The Morgan fingerprint density at radius 2 is 1.56 bits per heavy atom. The molecule has 2 nitrogen and oxygen atoms in total. The largest absolute Gasteiger partial charge is 0.424 e. The van der Waals surface area contributed by atoms with Crippen LogP contribution in [0.25, 0.3) is 0 Å². The summed E-state index contributed by atoms with van der Waals surface area (Å²) >= 11 is 0. The van der Waals surface area contributed by atoms with Crippen LogP contribution in [0.2, 0.25) is 5.04 Å². The lowest BCUT2D eigenvalue weighted by molar-refractivity contribution is -0.103. The maximum atomic E-state index is 12.2. The van der Waals surface area contributed by atoms with E-state index in [2.05, 4.69) is 56.9 Å². The molecule has 0 radical (unpaired) electrons. The maximum Gasteiger partial charge on any atom is 0.258 e. The van der Waals surface area contributed by atoms with Gasteiger partial charge in [-0.2, -0.15) is 0 Å². The van der Waals surface area contributed by atoms with Gasteiger partial charge in [-0.3, -0.25) is 4.79 Å². The van der Waals surface area contributed by atoms with E-state index in [1.807, 2.05) is 36.4 Å². The molecular formula is C24H30O2Si. The highest BCUT2D eigenvalue weighted by Gasteiger charge is 2.50. The summed E-state index contributed by atoms with van der Waals surface area (Å²) in [6, 6.07) is 20.2. The zero-order valence-corrected chi connectivity index (χ0v) is 17.6. The average molecular weight is 379 g/mol. The van der Waals surface area contributed by atoms with Crippen LogP contribution in [-0.2, 0) is 4.79 Å². The first-order valence-corrected chi connectivity index (χ1v) is 11.7. The van der Waals surface area contributed by atoms with Gasteiger partial charge in [0.25, 0.3) is 8.32 Å². The van der Waals surface area contributed by atoms with Gasteiger partial charge in [0, 0.05) is 6.42 Å². The van der Waals surface area contributed by atoms with Gasteiger partial charge in [-0.15, -0.1) is 0 Å². The molecule has 2 aromatic rings. The van der Waals surface area contributed by atoms with Crippen molar-refractivity contribution in [2.24, 2.45) is 5.92 Å². The Labute approximate surface area is 164 Å². The number of benzene rings is 2. The third kappa shape index (κ3) is 4.97. The van der Waals surface area contributed by atoms with E-state index >= 15 is 0 Å². The van der Waals surface area contributed by atoms with Crippen LogP contribution >= 0.6 is 0 Å². The number of aldehydes is 1. The van der Waals surface area contributed by atoms with Gasteiger partial charge in [-0.25, -0.2) is 0 Å². The van der Waals surface area contributed by atoms with E-state index < -0.39 is 8.32 Å². The Morgan fingerprint density at radius 1 is 1.04 bits per heavy atom. The molecule has 0 saturated carbocycles. The molecule has 2 rings (SSSR count). The molecule has 27 heavy (non-hydrogen) atoms. The van der Waals surface area contributed by atoms with Gasteiger partial charge in [0.15, 0.2) is 6.29 Å². The lowest BCUT2D eigenvalue weighted by Gasteiger charge is -2.43. The molecule has 0 amide bonds. The monoisotopic (exact) mass is 378 g/mol. The third-order valence-electron chi connectivity index (χ3n) is 5.41. The fourth-order valence-corrected chi connectivity index (χ4v) is 7.94. The Balaban J connectivity index is 2.45. The molecule has 2 aromatic carbocycles. The van der Waals surface area contributed by atoms with E-state index in [1.165, 1.54) is 0 Å². The summed E-state index contributed by atoms with van der Waals surface area (Å²) in [6.07, 6.45) is 4.35. The van der Waals surface area contributed by atoms with Crippen LogP contribution in [0.5, 0.6) is 0 Å². The molecule has 0 saturated heterocycles. The first kappa shape index (κ1) is 21.2. The van der Waals surface area contributed by atoms with Crippen LogP contribution in [-0.4, -0.2) is 19.4 Å². The first-order valence-electron chi connectivity index (χ1n) is 9.71. The second-order valence-electron chi connectivity index (χ2n) is 7.83. The minimum atomic E-state index is -2.99. The van der Waals surface area contributed by atoms with Crippen LogP contribution in [0.15, 0.2) is 60.7 Å². The normalized spacial score (nSPS) is 12.7. The molecule has 0 bridgehead atoms. The highest BCUT2D eigenvalue weighted by Crippen LogP contribution is 2.43. The van der Waals surface area contributed by atoms with Gasteiger partial charge in [-0.05, 0) is 40.1 Å². The lowest BCUT2D eigenvalue weighted by atomic mass is 9.90. The van der Waals surface area contributed by atoms with E-state index in [0.29, 0.717) is 18.6 Å². The Morgan fingerprint density at radius 3 is 2.00 bits per heavy atom. The zero-order valence-electron chi connectivity index (χ0n) is 16.6. The summed E-state index contributed by atoms with van der Waals surface area (Å²) in [5.41, 5.74) is 0. The standard InChI is InChI=1S/C24H30O2Si/c1-4-13-21(14-11-12-19-25)20-24(2,3)27(26,22-15-7-5-8-16-22)23-17-9-6-10-18-23/h5-10,15-19,21,26H,4,13-14,20H2,1-3H3. The van der Waals surface area contributed by atoms with Gasteiger partial charge in [0.05, 0.1) is 0 Å². The highest BCUT2D eigenvalue weighted by molar-refractivity contribution is 6.98. The number of hydrogen-bond donors (Lipinski definition) is 1. The molecule has 0 aliphatic carbocycles. The minimum absolute atomic E-state index is 0.279. The topological polar surface area (TPSA) is 37.3 Å². The maximum absolute atomic E-state index is 12.2.